The van der Waals surface area contributed by atoms with E-state index in [0.29, 0.717) is 0 Å². The van der Waals surface area contributed by atoms with Gasteiger partial charge in [0, 0.05) is 5.25 Å². The van der Waals surface area contributed by atoms with Crippen LogP contribution in [0.25, 0.3) is 0 Å². The van der Waals surface area contributed by atoms with Gasteiger partial charge in [0.2, 0.25) is 0 Å². The molecule has 30 heavy (non-hydrogen) atoms. The zero-order valence-electron chi connectivity index (χ0n) is 20.1. The molecular formula is C25H46O3S2. The molecule has 0 aliphatic rings. The van der Waals surface area contributed by atoms with E-state index in [1.807, 2.05) is 31.6 Å². The minimum Gasteiger partial charge on any atom is -0.217 e. The number of benzene rings is 1. The van der Waals surface area contributed by atoms with E-state index >= 15 is 0 Å². The molecular weight excluding hydrogens is 412 g/mol. The smallest absolute Gasteiger partial charge is 0.217 e. The fourth-order valence-electron chi connectivity index (χ4n) is 3.60. The van der Waals surface area contributed by atoms with E-state index in [1.165, 1.54) is 70.6 Å². The number of hydrogen-bond donors (Lipinski definition) is 0. The highest BCUT2D eigenvalue weighted by Crippen LogP contribution is 2.50. The Morgan fingerprint density at radius 2 is 1.20 bits per heavy atom. The Balaban J connectivity index is 2.21. The molecule has 1 atom stereocenters. The summed E-state index contributed by atoms with van der Waals surface area (Å²) in [6.45, 7) is 6.35. The Labute approximate surface area is 189 Å². The van der Waals surface area contributed by atoms with Gasteiger partial charge in [-0.05, 0) is 38.0 Å². The maximum absolute atomic E-state index is 12.6. The first-order valence-electron chi connectivity index (χ1n) is 11.9. The monoisotopic (exact) mass is 458 g/mol. The van der Waals surface area contributed by atoms with Crippen LogP contribution in [0.2, 0.25) is 0 Å². The van der Waals surface area contributed by atoms with Gasteiger partial charge < -0.3 is 0 Å². The fraction of sp³-hybridized carbons (Fsp3) is 0.760. The van der Waals surface area contributed by atoms with Crippen molar-refractivity contribution in [1.82, 2.24) is 0 Å². The van der Waals surface area contributed by atoms with Crippen molar-refractivity contribution in [3.05, 3.63) is 29.8 Å². The second-order valence-electron chi connectivity index (χ2n) is 9.13. The Hall–Kier alpha value is -0.520. The van der Waals surface area contributed by atoms with E-state index in [9.17, 15) is 8.42 Å². The van der Waals surface area contributed by atoms with E-state index in [0.717, 1.165) is 18.4 Å². The van der Waals surface area contributed by atoms with E-state index in [-0.39, 0.29) is 10.1 Å². The minimum atomic E-state index is -3.70. The summed E-state index contributed by atoms with van der Waals surface area (Å²) in [5, 5.41) is 0.265. The summed E-state index contributed by atoms with van der Waals surface area (Å²) in [6, 6.07) is 6.90. The number of hydrogen-bond acceptors (Lipinski definition) is 3. The van der Waals surface area contributed by atoms with Crippen LogP contribution >= 0.6 is 10.3 Å². The lowest BCUT2D eigenvalue weighted by Crippen LogP contribution is -2.19. The van der Waals surface area contributed by atoms with Gasteiger partial charge in [0.25, 0.3) is 0 Å². The summed E-state index contributed by atoms with van der Waals surface area (Å²) in [5.41, 5.74) is 1.04. The number of aryl methyl sites for hydroxylation is 1. The van der Waals surface area contributed by atoms with E-state index in [1.54, 1.807) is 12.1 Å². The highest BCUT2D eigenvalue weighted by molar-refractivity contribution is 8.32. The SMILES string of the molecule is CCCCCCCCCCCCCCC(C)S(C)(C)OS(=O)(=O)c1ccc(C)cc1. The Kier molecular flexibility index (Phi) is 13.3. The first-order valence-corrected chi connectivity index (χ1v) is 15.8. The van der Waals surface area contributed by atoms with E-state index in [4.69, 9.17) is 3.63 Å². The fourth-order valence-corrected chi connectivity index (χ4v) is 7.50. The molecule has 0 saturated heterocycles. The van der Waals surface area contributed by atoms with Gasteiger partial charge in [0.15, 0.2) is 0 Å². The van der Waals surface area contributed by atoms with Crippen LogP contribution in [0.15, 0.2) is 29.2 Å². The quantitative estimate of drug-likeness (QED) is 0.221. The molecule has 0 bridgehead atoms. The summed E-state index contributed by atoms with van der Waals surface area (Å²) < 4.78 is 31.0. The lowest BCUT2D eigenvalue weighted by Gasteiger charge is -2.36. The third-order valence-electron chi connectivity index (χ3n) is 6.01. The maximum Gasteiger partial charge on any atom is 0.306 e. The first-order chi connectivity index (χ1) is 14.2. The van der Waals surface area contributed by atoms with Crippen LogP contribution in [0.3, 0.4) is 0 Å². The van der Waals surface area contributed by atoms with Gasteiger partial charge in [0.1, 0.15) is 0 Å². The Bertz CT molecular complexity index is 666. The molecule has 1 unspecified atom stereocenters. The van der Waals surface area contributed by atoms with Gasteiger partial charge in [-0.2, -0.15) is 8.42 Å². The van der Waals surface area contributed by atoms with Gasteiger partial charge >= 0.3 is 10.1 Å². The lowest BCUT2D eigenvalue weighted by molar-refractivity contribution is 0.504. The van der Waals surface area contributed by atoms with Crippen molar-refractivity contribution in [3.63, 3.8) is 0 Å². The van der Waals surface area contributed by atoms with Crippen LogP contribution < -0.4 is 0 Å². The van der Waals surface area contributed by atoms with Crippen molar-refractivity contribution in [2.24, 2.45) is 0 Å². The van der Waals surface area contributed by atoms with Gasteiger partial charge in [-0.25, -0.2) is 3.63 Å². The molecule has 0 saturated carbocycles. The first kappa shape index (κ1) is 27.5. The molecule has 0 spiro atoms. The molecule has 0 radical (unpaired) electrons. The molecule has 176 valence electrons. The predicted octanol–water partition coefficient (Wildman–Crippen LogP) is 8.16. The third-order valence-corrected chi connectivity index (χ3v) is 11.2. The van der Waals surface area contributed by atoms with Crippen LogP contribution in [0.4, 0.5) is 0 Å². The predicted molar refractivity (Wildman–Crippen MR) is 134 cm³/mol. The maximum atomic E-state index is 12.6. The summed E-state index contributed by atoms with van der Waals surface area (Å²) in [7, 11) is -5.38. The zero-order chi connectivity index (χ0) is 22.5. The van der Waals surface area contributed by atoms with Crippen LogP contribution in [0, 0.1) is 6.92 Å². The standard InChI is InChI=1S/C25H46O3S2/c1-6-7-8-9-10-11-12-13-14-15-16-17-18-24(3)29(4,5)28-30(26,27)25-21-19-23(2)20-22-25/h19-22,24H,6-18H2,1-5H3. The molecule has 1 aromatic carbocycles. The average Bonchev–Trinajstić information content (AvgIpc) is 2.68. The molecule has 0 aromatic heterocycles. The molecule has 1 aromatic rings. The third kappa shape index (κ3) is 11.2. The number of unbranched alkanes of at least 4 members (excludes halogenated alkanes) is 11. The lowest BCUT2D eigenvalue weighted by atomic mass is 10.0. The largest absolute Gasteiger partial charge is 0.306 e. The van der Waals surface area contributed by atoms with Crippen molar-refractivity contribution in [2.45, 2.75) is 114 Å². The van der Waals surface area contributed by atoms with E-state index < -0.39 is 20.4 Å². The summed E-state index contributed by atoms with van der Waals surface area (Å²) in [5.74, 6) is 0. The highest BCUT2D eigenvalue weighted by Gasteiger charge is 2.29. The van der Waals surface area contributed by atoms with Gasteiger partial charge in [0.05, 0.1) is 4.90 Å². The highest BCUT2D eigenvalue weighted by atomic mass is 32.3. The van der Waals surface area contributed by atoms with Crippen molar-refractivity contribution in [2.75, 3.05) is 12.5 Å². The number of rotatable bonds is 17. The molecule has 0 amide bonds. The molecule has 5 heteroatoms. The summed E-state index contributed by atoms with van der Waals surface area (Å²) >= 11 is 0. The van der Waals surface area contributed by atoms with Gasteiger partial charge in [-0.15, -0.1) is 10.3 Å². The normalized spacial score (nSPS) is 14.0. The Morgan fingerprint density at radius 1 is 0.767 bits per heavy atom. The molecule has 0 aliphatic carbocycles. The van der Waals surface area contributed by atoms with Gasteiger partial charge in [-0.1, -0.05) is 109 Å². The summed E-state index contributed by atoms with van der Waals surface area (Å²) in [4.78, 5) is 0.256. The average molecular weight is 459 g/mol. The van der Waals surface area contributed by atoms with Crippen molar-refractivity contribution < 1.29 is 12.0 Å². The second-order valence-corrected chi connectivity index (χ2v) is 14.5. The molecule has 0 aliphatic heterocycles. The minimum absolute atomic E-state index is 0.256. The molecule has 0 heterocycles. The van der Waals surface area contributed by atoms with Gasteiger partial charge in [-0.3, -0.25) is 0 Å². The zero-order valence-corrected chi connectivity index (χ0v) is 21.8. The second kappa shape index (κ2) is 14.5. The van der Waals surface area contributed by atoms with Crippen LogP contribution in [0.5, 0.6) is 0 Å². The van der Waals surface area contributed by atoms with Crippen molar-refractivity contribution >= 4 is 20.4 Å². The Morgan fingerprint density at radius 3 is 1.67 bits per heavy atom. The van der Waals surface area contributed by atoms with Crippen molar-refractivity contribution in [1.29, 1.82) is 0 Å². The molecule has 1 rings (SSSR count). The van der Waals surface area contributed by atoms with Crippen LogP contribution in [-0.2, 0) is 13.7 Å². The van der Waals surface area contributed by atoms with Crippen LogP contribution in [0.1, 0.15) is 103 Å². The molecule has 3 nitrogen and oxygen atoms in total. The topological polar surface area (TPSA) is 43.4 Å². The summed E-state index contributed by atoms with van der Waals surface area (Å²) in [6.07, 6.45) is 21.1. The van der Waals surface area contributed by atoms with E-state index in [2.05, 4.69) is 13.8 Å². The molecule has 0 fully saturated rings. The van der Waals surface area contributed by atoms with Crippen LogP contribution in [-0.4, -0.2) is 26.2 Å². The van der Waals surface area contributed by atoms with Crippen molar-refractivity contribution in [3.8, 4) is 0 Å². The molecule has 0 N–H and O–H groups in total.